The molecule has 0 amide bonds. The molecular formula is C4H9ClO2. The number of rotatable bonds is 2. The summed E-state index contributed by atoms with van der Waals surface area (Å²) in [7, 11) is 2.97. The molecule has 0 radical (unpaired) electrons. The largest absolute Gasteiger partial charge is 0.341 e. The van der Waals surface area contributed by atoms with Crippen molar-refractivity contribution in [2.45, 2.75) is 12.2 Å². The fraction of sp³-hybridized carbons (Fsp3) is 1.00. The van der Waals surface area contributed by atoms with Crippen molar-refractivity contribution in [2.75, 3.05) is 14.2 Å². The molecule has 0 aliphatic carbocycles. The minimum absolute atomic E-state index is 0.944. The zero-order chi connectivity index (χ0) is 5.91. The lowest BCUT2D eigenvalue weighted by Gasteiger charge is -2.16. The monoisotopic (exact) mass is 124 g/mol. The van der Waals surface area contributed by atoms with Crippen LogP contribution in [0.25, 0.3) is 0 Å². The van der Waals surface area contributed by atoms with Gasteiger partial charge in [-0.05, 0) is 0 Å². The van der Waals surface area contributed by atoms with E-state index in [1.54, 1.807) is 6.92 Å². The molecule has 0 N–H and O–H groups in total. The van der Waals surface area contributed by atoms with Gasteiger partial charge in [0.1, 0.15) is 0 Å². The lowest BCUT2D eigenvalue weighted by Crippen LogP contribution is -2.20. The number of halogens is 1. The fourth-order valence-electron chi connectivity index (χ4n) is 0.0833. The van der Waals surface area contributed by atoms with Crippen LogP contribution in [0.4, 0.5) is 0 Å². The summed E-state index contributed by atoms with van der Waals surface area (Å²) in [5.74, 6) is 0. The maximum atomic E-state index is 5.46. The third kappa shape index (κ3) is 2.85. The molecule has 0 bridgehead atoms. The Balaban J connectivity index is 3.36. The van der Waals surface area contributed by atoms with Crippen LogP contribution in [-0.2, 0) is 9.47 Å². The van der Waals surface area contributed by atoms with Gasteiger partial charge in [0.15, 0.2) is 0 Å². The first kappa shape index (κ1) is 7.21. The number of methoxy groups -OCH3 is 2. The van der Waals surface area contributed by atoms with Crippen LogP contribution < -0.4 is 0 Å². The Hall–Kier alpha value is 0.210. The van der Waals surface area contributed by atoms with Crippen molar-refractivity contribution in [1.29, 1.82) is 0 Å². The normalized spacial score (nSPS) is 12.0. The lowest BCUT2D eigenvalue weighted by molar-refractivity contribution is -0.126. The highest BCUT2D eigenvalue weighted by Gasteiger charge is 2.16. The smallest absolute Gasteiger partial charge is 0.244 e. The number of hydrogen-bond donors (Lipinski definition) is 0. The van der Waals surface area contributed by atoms with Gasteiger partial charge in [0.25, 0.3) is 0 Å². The van der Waals surface area contributed by atoms with Crippen LogP contribution in [0.3, 0.4) is 0 Å². The summed E-state index contributed by atoms with van der Waals surface area (Å²) in [5.41, 5.74) is 0. The molecule has 3 heteroatoms. The van der Waals surface area contributed by atoms with Crippen molar-refractivity contribution >= 4 is 11.6 Å². The molecule has 0 spiro atoms. The van der Waals surface area contributed by atoms with Crippen LogP contribution in [-0.4, -0.2) is 19.5 Å². The van der Waals surface area contributed by atoms with E-state index in [0.29, 0.717) is 0 Å². The van der Waals surface area contributed by atoms with Crippen LogP contribution in [0.1, 0.15) is 6.92 Å². The zero-order valence-electron chi connectivity index (χ0n) is 4.69. The zero-order valence-corrected chi connectivity index (χ0v) is 5.45. The highest BCUT2D eigenvalue weighted by molar-refractivity contribution is 6.21. The quantitative estimate of drug-likeness (QED) is 0.407. The second-order valence-corrected chi connectivity index (χ2v) is 1.93. The molecule has 0 rings (SSSR count). The van der Waals surface area contributed by atoms with E-state index in [1.807, 2.05) is 0 Å². The third-order valence-electron chi connectivity index (χ3n) is 0.729. The molecule has 0 heterocycles. The van der Waals surface area contributed by atoms with Gasteiger partial charge < -0.3 is 9.47 Å². The number of alkyl halides is 1. The van der Waals surface area contributed by atoms with E-state index in [0.717, 1.165) is 0 Å². The lowest BCUT2D eigenvalue weighted by atomic mass is 10.7. The topological polar surface area (TPSA) is 18.5 Å². The molecule has 2 nitrogen and oxygen atoms in total. The van der Waals surface area contributed by atoms with Gasteiger partial charge in [0, 0.05) is 21.1 Å². The maximum Gasteiger partial charge on any atom is 0.244 e. The first-order valence-electron chi connectivity index (χ1n) is 1.91. The van der Waals surface area contributed by atoms with E-state index < -0.39 is 5.25 Å². The van der Waals surface area contributed by atoms with Crippen molar-refractivity contribution in [3.63, 3.8) is 0 Å². The fourth-order valence-corrected chi connectivity index (χ4v) is 0.0833. The maximum absolute atomic E-state index is 5.46. The van der Waals surface area contributed by atoms with E-state index in [9.17, 15) is 0 Å². The van der Waals surface area contributed by atoms with Crippen LogP contribution in [0, 0.1) is 0 Å². The van der Waals surface area contributed by atoms with Gasteiger partial charge in [-0.15, -0.1) is 0 Å². The Morgan fingerprint density at radius 3 is 1.57 bits per heavy atom. The summed E-state index contributed by atoms with van der Waals surface area (Å²) in [6, 6.07) is 0. The summed E-state index contributed by atoms with van der Waals surface area (Å²) < 4.78 is 9.26. The molecule has 0 saturated heterocycles. The van der Waals surface area contributed by atoms with Gasteiger partial charge in [0.2, 0.25) is 5.25 Å². The average molecular weight is 125 g/mol. The van der Waals surface area contributed by atoms with E-state index >= 15 is 0 Å². The first-order valence-corrected chi connectivity index (χ1v) is 2.29. The molecule has 0 aliphatic rings. The second-order valence-electron chi connectivity index (χ2n) is 1.24. The van der Waals surface area contributed by atoms with Crippen molar-refractivity contribution in [1.82, 2.24) is 0 Å². The predicted octanol–water partition coefficient (Wildman–Crippen LogP) is 1.19. The molecule has 0 atom stereocenters. The van der Waals surface area contributed by atoms with Gasteiger partial charge in [-0.3, -0.25) is 0 Å². The molecule has 0 aromatic carbocycles. The van der Waals surface area contributed by atoms with Crippen LogP contribution in [0.2, 0.25) is 0 Å². The van der Waals surface area contributed by atoms with Crippen molar-refractivity contribution in [3.8, 4) is 0 Å². The van der Waals surface area contributed by atoms with Crippen LogP contribution >= 0.6 is 11.6 Å². The van der Waals surface area contributed by atoms with Crippen molar-refractivity contribution < 1.29 is 9.47 Å². The highest BCUT2D eigenvalue weighted by Crippen LogP contribution is 2.13. The molecule has 7 heavy (non-hydrogen) atoms. The minimum atomic E-state index is -0.944. The second kappa shape index (κ2) is 2.50. The Labute approximate surface area is 48.4 Å². The van der Waals surface area contributed by atoms with Crippen molar-refractivity contribution in [3.05, 3.63) is 0 Å². The predicted molar refractivity (Wildman–Crippen MR) is 28.3 cm³/mol. The van der Waals surface area contributed by atoms with E-state index in [4.69, 9.17) is 11.6 Å². The van der Waals surface area contributed by atoms with E-state index in [-0.39, 0.29) is 0 Å². The molecule has 0 unspecified atom stereocenters. The summed E-state index contributed by atoms with van der Waals surface area (Å²) >= 11 is 5.46. The molecule has 0 aromatic rings. The molecule has 44 valence electrons. The van der Waals surface area contributed by atoms with Gasteiger partial charge in [0.05, 0.1) is 0 Å². The van der Waals surface area contributed by atoms with Gasteiger partial charge in [-0.25, -0.2) is 0 Å². The minimum Gasteiger partial charge on any atom is -0.341 e. The Morgan fingerprint density at radius 1 is 1.29 bits per heavy atom. The molecule has 0 aromatic heterocycles. The summed E-state index contributed by atoms with van der Waals surface area (Å²) in [5, 5.41) is -0.944. The first-order chi connectivity index (χ1) is 3.12. The van der Waals surface area contributed by atoms with Gasteiger partial charge in [-0.1, -0.05) is 11.6 Å². The molecule has 0 fully saturated rings. The Morgan fingerprint density at radius 2 is 1.57 bits per heavy atom. The van der Waals surface area contributed by atoms with E-state index in [2.05, 4.69) is 9.47 Å². The van der Waals surface area contributed by atoms with E-state index in [1.165, 1.54) is 14.2 Å². The third-order valence-corrected chi connectivity index (χ3v) is 1.04. The van der Waals surface area contributed by atoms with Gasteiger partial charge in [-0.2, -0.15) is 0 Å². The van der Waals surface area contributed by atoms with Gasteiger partial charge >= 0.3 is 0 Å². The molecular weight excluding hydrogens is 115 g/mol. The molecule has 0 aliphatic heterocycles. The van der Waals surface area contributed by atoms with Crippen LogP contribution in [0.5, 0.6) is 0 Å². The number of hydrogen-bond acceptors (Lipinski definition) is 2. The Kier molecular flexibility index (Phi) is 2.58. The SMILES string of the molecule is COC(C)(Cl)OC. The highest BCUT2D eigenvalue weighted by atomic mass is 35.5. The van der Waals surface area contributed by atoms with Crippen LogP contribution in [0.15, 0.2) is 0 Å². The molecule has 0 saturated carbocycles. The summed E-state index contributed by atoms with van der Waals surface area (Å²) in [6.07, 6.45) is 0. The Bertz CT molecular complexity index is 47.7. The average Bonchev–Trinajstić information content (AvgIpc) is 1.68. The number of ether oxygens (including phenoxy) is 2. The standard InChI is InChI=1S/C4H9ClO2/c1-4(5,6-2)7-3/h1-3H3. The van der Waals surface area contributed by atoms with Crippen molar-refractivity contribution in [2.24, 2.45) is 0 Å². The summed E-state index contributed by atoms with van der Waals surface area (Å²) in [6.45, 7) is 1.62. The summed E-state index contributed by atoms with van der Waals surface area (Å²) in [4.78, 5) is 0.